The summed E-state index contributed by atoms with van der Waals surface area (Å²) in [6, 6.07) is 12.7. The molecule has 0 bridgehead atoms. The van der Waals surface area contributed by atoms with E-state index in [1.54, 1.807) is 0 Å². The van der Waals surface area contributed by atoms with Crippen molar-refractivity contribution >= 4 is 13.3 Å². The fourth-order valence-electron chi connectivity index (χ4n) is 4.26. The predicted molar refractivity (Wildman–Crippen MR) is 152 cm³/mol. The number of hydroxylamine groups is 2. The first-order chi connectivity index (χ1) is 17.1. The summed E-state index contributed by atoms with van der Waals surface area (Å²) in [5.74, 6) is -0.596. The molecule has 7 nitrogen and oxygen atoms in total. The van der Waals surface area contributed by atoms with Gasteiger partial charge in [-0.15, -0.1) is 0 Å². The molecule has 1 aromatic heterocycles. The molecular weight excluding hydrogens is 485 g/mol. The molecule has 2 aromatic rings. The number of anilines is 1. The fourth-order valence-corrected chi connectivity index (χ4v) is 6.95. The number of nitrogens with zero attached hydrogens (tertiary/aromatic N) is 3. The Morgan fingerprint density at radius 1 is 0.892 bits per heavy atom. The summed E-state index contributed by atoms with van der Waals surface area (Å²) in [5, 5.41) is 1.84. The summed E-state index contributed by atoms with van der Waals surface area (Å²) in [6.07, 6.45) is 3.88. The van der Waals surface area contributed by atoms with E-state index in [-0.39, 0.29) is 6.10 Å². The van der Waals surface area contributed by atoms with E-state index in [1.807, 2.05) is 60.7 Å². The Hall–Kier alpha value is -1.76. The normalized spacial score (nSPS) is 14.6. The van der Waals surface area contributed by atoms with Gasteiger partial charge in [0.25, 0.3) is 0 Å². The van der Waals surface area contributed by atoms with Gasteiger partial charge in [-0.3, -0.25) is 9.40 Å². The second-order valence-corrected chi connectivity index (χ2v) is 13.8. The Balaban J connectivity index is 2.29. The van der Waals surface area contributed by atoms with Crippen LogP contribution in [0.4, 0.5) is 5.69 Å². The van der Waals surface area contributed by atoms with Crippen molar-refractivity contribution in [3.8, 4) is 0 Å². The summed E-state index contributed by atoms with van der Waals surface area (Å²) < 4.78 is 27.9. The third-order valence-corrected chi connectivity index (χ3v) is 8.87. The lowest BCUT2D eigenvalue weighted by Crippen LogP contribution is -2.53. The Bertz CT molecular complexity index is 1000. The van der Waals surface area contributed by atoms with E-state index in [0.29, 0.717) is 13.2 Å². The highest BCUT2D eigenvalue weighted by Gasteiger charge is 2.51. The number of rotatable bonds is 12. The highest BCUT2D eigenvalue weighted by atomic mass is 31.2. The smallest absolute Gasteiger partial charge is 0.350 e. The van der Waals surface area contributed by atoms with Crippen LogP contribution >= 0.6 is 7.60 Å². The predicted octanol–water partition coefficient (Wildman–Crippen LogP) is 6.82. The quantitative estimate of drug-likeness (QED) is 0.169. The Morgan fingerprint density at radius 3 is 1.81 bits per heavy atom. The second-order valence-electron chi connectivity index (χ2n) is 11.7. The van der Waals surface area contributed by atoms with E-state index in [0.717, 1.165) is 12.1 Å². The first-order valence-corrected chi connectivity index (χ1v) is 14.8. The molecule has 0 fully saturated rings. The van der Waals surface area contributed by atoms with Gasteiger partial charge in [-0.2, -0.15) is 5.06 Å². The lowest BCUT2D eigenvalue weighted by atomic mass is 9.94. The molecule has 0 aliphatic heterocycles. The average molecular weight is 535 g/mol. The second kappa shape index (κ2) is 12.9. The summed E-state index contributed by atoms with van der Waals surface area (Å²) in [4.78, 5) is 8.71. The first kappa shape index (κ1) is 31.5. The molecule has 0 saturated heterocycles. The summed E-state index contributed by atoms with van der Waals surface area (Å²) in [6.45, 7) is 19.4. The van der Waals surface area contributed by atoms with Crippen LogP contribution in [0.25, 0.3) is 0 Å². The molecule has 1 aromatic carbocycles. The van der Waals surface area contributed by atoms with Crippen molar-refractivity contribution < 1.29 is 23.0 Å². The van der Waals surface area contributed by atoms with Crippen molar-refractivity contribution in [2.24, 2.45) is 5.41 Å². The summed E-state index contributed by atoms with van der Waals surface area (Å²) in [5.41, 5.74) is 2.56. The maximum absolute atomic E-state index is 14.1. The van der Waals surface area contributed by atoms with E-state index >= 15 is 0 Å². The zero-order valence-corrected chi connectivity index (χ0v) is 25.7. The minimum atomic E-state index is -3.51. The largest absolute Gasteiger partial charge is 0.378 e. The molecule has 2 atom stereocenters. The first-order valence-electron chi connectivity index (χ1n) is 13.2. The van der Waals surface area contributed by atoms with Crippen molar-refractivity contribution in [1.29, 1.82) is 0 Å². The molecule has 37 heavy (non-hydrogen) atoms. The highest BCUT2D eigenvalue weighted by molar-refractivity contribution is 7.54. The van der Waals surface area contributed by atoms with Gasteiger partial charge in [-0.25, -0.2) is 4.57 Å². The molecule has 0 radical (unpaired) electrons. The average Bonchev–Trinajstić information content (AvgIpc) is 2.78. The van der Waals surface area contributed by atoms with Gasteiger partial charge in [0.15, 0.2) is 18.9 Å². The molecule has 0 aliphatic carbocycles. The summed E-state index contributed by atoms with van der Waals surface area (Å²) in [7, 11) is 0.574. The number of hydrogen-bond acceptors (Lipinski definition) is 6. The van der Waals surface area contributed by atoms with Crippen LogP contribution < -0.4 is 9.47 Å². The van der Waals surface area contributed by atoms with Crippen molar-refractivity contribution in [3.05, 3.63) is 59.9 Å². The molecule has 0 N–H and O–H groups in total. The molecule has 208 valence electrons. The van der Waals surface area contributed by atoms with Gasteiger partial charge in [0.2, 0.25) is 0 Å². The lowest BCUT2D eigenvalue weighted by Gasteiger charge is -2.48. The van der Waals surface area contributed by atoms with Crippen molar-refractivity contribution in [2.45, 2.75) is 86.3 Å². The van der Waals surface area contributed by atoms with Crippen LogP contribution in [0.15, 0.2) is 48.8 Å². The van der Waals surface area contributed by atoms with Crippen LogP contribution in [0.3, 0.4) is 0 Å². The van der Waals surface area contributed by atoms with Gasteiger partial charge in [0.1, 0.15) is 11.9 Å². The minimum absolute atomic E-state index is 0.269. The molecule has 1 heterocycles. The van der Waals surface area contributed by atoms with Gasteiger partial charge >= 0.3 is 7.60 Å². The lowest BCUT2D eigenvalue weighted by molar-refractivity contribution is -0.688. The van der Waals surface area contributed by atoms with E-state index in [9.17, 15) is 4.57 Å². The van der Waals surface area contributed by atoms with Gasteiger partial charge in [-0.1, -0.05) is 32.9 Å². The topological polar surface area (TPSA) is 55.1 Å². The summed E-state index contributed by atoms with van der Waals surface area (Å²) >= 11 is 0. The van der Waals surface area contributed by atoms with Gasteiger partial charge in [0, 0.05) is 43.0 Å². The van der Waals surface area contributed by atoms with Gasteiger partial charge < -0.3 is 13.9 Å². The number of aromatic nitrogens is 1. The number of pyridine rings is 1. The van der Waals surface area contributed by atoms with Gasteiger partial charge in [-0.05, 0) is 64.7 Å². The van der Waals surface area contributed by atoms with E-state index in [4.69, 9.17) is 13.9 Å². The molecule has 8 heteroatoms. The maximum Gasteiger partial charge on any atom is 0.350 e. The molecular formula is C29H49N3O4P+. The number of benzene rings is 1. The highest BCUT2D eigenvalue weighted by Crippen LogP contribution is 2.61. The Labute approximate surface area is 225 Å². The minimum Gasteiger partial charge on any atom is -0.378 e. The molecule has 0 amide bonds. The van der Waals surface area contributed by atoms with Crippen LogP contribution in [0.2, 0.25) is 0 Å². The standard InChI is InChI=1S/C29H49N3O4P/c1-12-34-37(33,35-13-2)27(28(4,5)6)32(29(7,8)9)36-23(3)25-18-20-31(21-19-25)22-24-14-16-26(17-15-24)30(10)11/h14-21,23,27H,12-13,22H2,1-11H3/q+1. The van der Waals surface area contributed by atoms with Crippen LogP contribution in [-0.4, -0.2) is 43.7 Å². The number of hydrogen-bond donors (Lipinski definition) is 0. The van der Waals surface area contributed by atoms with Crippen molar-refractivity contribution in [1.82, 2.24) is 5.06 Å². The zero-order valence-electron chi connectivity index (χ0n) is 24.8. The zero-order chi connectivity index (χ0) is 28.0. The van der Waals surface area contributed by atoms with Crippen LogP contribution in [0.5, 0.6) is 0 Å². The molecule has 0 aliphatic rings. The van der Waals surface area contributed by atoms with Crippen molar-refractivity contribution in [3.63, 3.8) is 0 Å². The molecule has 0 spiro atoms. The van der Waals surface area contributed by atoms with Gasteiger partial charge in [0.05, 0.1) is 13.2 Å². The van der Waals surface area contributed by atoms with E-state index in [2.05, 4.69) is 79.0 Å². The molecule has 2 unspecified atom stereocenters. The van der Waals surface area contributed by atoms with Crippen LogP contribution in [0.1, 0.15) is 79.5 Å². The molecule has 2 rings (SSSR count). The third kappa shape index (κ3) is 8.62. The van der Waals surface area contributed by atoms with Crippen molar-refractivity contribution in [2.75, 3.05) is 32.2 Å². The monoisotopic (exact) mass is 534 g/mol. The van der Waals surface area contributed by atoms with E-state index in [1.165, 1.54) is 11.3 Å². The SMILES string of the molecule is CCOP(=O)(OCC)C(N(OC(C)c1cc[n+](Cc2ccc(N(C)C)cc2)cc1)C(C)(C)C)C(C)(C)C. The Kier molecular flexibility index (Phi) is 10.9. The third-order valence-electron chi connectivity index (χ3n) is 6.05. The fraction of sp³-hybridized carbons (Fsp3) is 0.621. The molecule has 0 saturated carbocycles. The van der Waals surface area contributed by atoms with Crippen LogP contribution in [-0.2, 0) is 25.0 Å². The van der Waals surface area contributed by atoms with Crippen LogP contribution in [0, 0.1) is 5.41 Å². The maximum atomic E-state index is 14.1. The Morgan fingerprint density at radius 2 is 1.41 bits per heavy atom. The van der Waals surface area contributed by atoms with E-state index < -0.39 is 24.3 Å².